The van der Waals surface area contributed by atoms with E-state index in [1.807, 2.05) is 25.7 Å². The summed E-state index contributed by atoms with van der Waals surface area (Å²) in [4.78, 5) is 72.7. The van der Waals surface area contributed by atoms with Gasteiger partial charge in [0, 0.05) is 74.8 Å². The van der Waals surface area contributed by atoms with E-state index >= 15 is 0 Å². The zero-order chi connectivity index (χ0) is 37.0. The third-order valence-corrected chi connectivity index (χ3v) is 14.7. The van der Waals surface area contributed by atoms with Crippen molar-refractivity contribution in [2.24, 2.45) is 57.0 Å². The zero-order valence-electron chi connectivity index (χ0n) is 32.7. The molecule has 2 heterocycles. The predicted octanol–water partition coefficient (Wildman–Crippen LogP) is 5.57. The monoisotopic (exact) mass is 697 g/mol. The molecule has 2 spiro atoms. The minimum absolute atomic E-state index is 0.00329. The Kier molecular flexibility index (Phi) is 11.2. The first-order valence-corrected chi connectivity index (χ1v) is 19.9. The first-order chi connectivity index (χ1) is 23.2. The molecular weight excluding hydrogens is 628 g/mol. The van der Waals surface area contributed by atoms with E-state index in [-0.39, 0.29) is 52.5 Å². The van der Waals surface area contributed by atoms with Gasteiger partial charge < -0.3 is 16.0 Å². The summed E-state index contributed by atoms with van der Waals surface area (Å²) >= 11 is 0. The maximum Gasteiger partial charge on any atom is 0.285 e. The van der Waals surface area contributed by atoms with Crippen LogP contribution < -0.4 is 11.1 Å². The van der Waals surface area contributed by atoms with Gasteiger partial charge in [0.05, 0.1) is 6.04 Å². The van der Waals surface area contributed by atoms with Crippen LogP contribution in [0.4, 0.5) is 0 Å². The van der Waals surface area contributed by atoms with Crippen molar-refractivity contribution < 1.29 is 24.0 Å². The van der Waals surface area contributed by atoms with E-state index in [1.54, 1.807) is 0 Å². The van der Waals surface area contributed by atoms with Crippen molar-refractivity contribution in [1.29, 1.82) is 0 Å². The van der Waals surface area contributed by atoms with Gasteiger partial charge in [-0.15, -0.1) is 0 Å². The van der Waals surface area contributed by atoms with Crippen LogP contribution in [0.25, 0.3) is 0 Å². The lowest BCUT2D eigenvalue weighted by atomic mass is 9.73. The Balaban J connectivity index is 1.36. The number of ketones is 3. The highest BCUT2D eigenvalue weighted by molar-refractivity contribution is 6.36. The molecule has 5 aliphatic rings. The number of Topliss-reactive ketones (excluding diaryl/α,β-unsaturated/α-hetero) is 3. The van der Waals surface area contributed by atoms with Crippen LogP contribution in [0, 0.1) is 51.2 Å². The van der Waals surface area contributed by atoms with Gasteiger partial charge in [-0.3, -0.25) is 28.9 Å². The van der Waals surface area contributed by atoms with Crippen LogP contribution in [0.3, 0.4) is 0 Å². The Morgan fingerprint density at radius 2 is 1.52 bits per heavy atom. The van der Waals surface area contributed by atoms with E-state index in [2.05, 4.69) is 51.8 Å². The molecule has 1 unspecified atom stereocenters. The van der Waals surface area contributed by atoms with Crippen LogP contribution in [-0.4, -0.2) is 83.3 Å². The number of carbonyl (C=O) groups excluding carboxylic acids is 5. The molecule has 50 heavy (non-hydrogen) atoms. The Labute approximate surface area is 302 Å². The highest BCUT2D eigenvalue weighted by atomic mass is 16.2. The van der Waals surface area contributed by atoms with Crippen LogP contribution in [0.5, 0.6) is 0 Å². The number of nitrogens with zero attached hydrogens (tertiary/aromatic N) is 2. The molecular formula is C41H68N4O5. The maximum absolute atomic E-state index is 14.9. The maximum atomic E-state index is 14.9. The highest BCUT2D eigenvalue weighted by Crippen LogP contribution is 2.88. The van der Waals surface area contributed by atoms with Gasteiger partial charge in [0.2, 0.25) is 11.7 Å². The fraction of sp³-hybridized carbons (Fsp3) is 0.878. The van der Waals surface area contributed by atoms with E-state index in [0.29, 0.717) is 49.7 Å². The minimum Gasteiger partial charge on any atom is -0.363 e. The smallest absolute Gasteiger partial charge is 0.285 e. The van der Waals surface area contributed by atoms with Crippen molar-refractivity contribution in [3.05, 3.63) is 0 Å². The number of nitrogens with two attached hydrogens (primary N) is 1. The summed E-state index contributed by atoms with van der Waals surface area (Å²) in [6, 6.07) is 0.149. The van der Waals surface area contributed by atoms with Gasteiger partial charge in [0.1, 0.15) is 5.78 Å². The third-order valence-electron chi connectivity index (χ3n) is 14.7. The summed E-state index contributed by atoms with van der Waals surface area (Å²) < 4.78 is 0. The van der Waals surface area contributed by atoms with E-state index in [9.17, 15) is 24.0 Å². The largest absolute Gasteiger partial charge is 0.363 e. The van der Waals surface area contributed by atoms with Crippen LogP contribution in [0.1, 0.15) is 133 Å². The Bertz CT molecular complexity index is 1320. The number of likely N-dealkylation sites (tertiary alicyclic amines) is 1. The zero-order valence-corrected chi connectivity index (χ0v) is 32.7. The van der Waals surface area contributed by atoms with Crippen LogP contribution in [-0.2, 0) is 24.0 Å². The summed E-state index contributed by atoms with van der Waals surface area (Å²) in [5.74, 6) is -2.24. The highest BCUT2D eigenvalue weighted by Gasteiger charge is 2.85. The Morgan fingerprint density at radius 3 is 1.98 bits per heavy atom. The SMILES string of the molecule is CC(C)[C@H](CC(=O)C[C@H](C(=O)N1C[C@]2(C[C@H]1C(=O)CC(CC1CCC1)C(=O)C(N)=O)C(C)(C)C21CCC1)C(C)(C)C)CN1C[C@H](C)N[C@@H](C)C1. The molecule has 3 saturated carbocycles. The molecule has 2 saturated heterocycles. The molecule has 0 radical (unpaired) electrons. The average Bonchev–Trinajstić information content (AvgIpc) is 3.18. The van der Waals surface area contributed by atoms with Gasteiger partial charge in [-0.05, 0) is 73.5 Å². The topological polar surface area (TPSA) is 130 Å². The molecule has 0 aromatic heterocycles. The van der Waals surface area contributed by atoms with Crippen LogP contribution in [0.15, 0.2) is 0 Å². The van der Waals surface area contributed by atoms with Gasteiger partial charge in [0.15, 0.2) is 5.78 Å². The molecule has 2 amide bonds. The lowest BCUT2D eigenvalue weighted by molar-refractivity contribution is -0.147. The lowest BCUT2D eigenvalue weighted by Gasteiger charge is -2.39. The number of hydrogen-bond acceptors (Lipinski definition) is 7. The predicted molar refractivity (Wildman–Crippen MR) is 196 cm³/mol. The number of primary amides is 1. The number of rotatable bonds is 15. The number of carbonyl (C=O) groups is 5. The van der Waals surface area contributed by atoms with Crippen molar-refractivity contribution >= 4 is 29.2 Å². The molecule has 3 aliphatic carbocycles. The second-order valence-electron chi connectivity index (χ2n) is 19.5. The van der Waals surface area contributed by atoms with Gasteiger partial charge >= 0.3 is 0 Å². The summed E-state index contributed by atoms with van der Waals surface area (Å²) in [7, 11) is 0. The fourth-order valence-corrected chi connectivity index (χ4v) is 11.1. The number of amides is 2. The van der Waals surface area contributed by atoms with Gasteiger partial charge in [-0.25, -0.2) is 0 Å². The summed E-state index contributed by atoms with van der Waals surface area (Å²) in [6.07, 6.45) is 8.09. The fourth-order valence-electron chi connectivity index (χ4n) is 11.1. The van der Waals surface area contributed by atoms with E-state index in [0.717, 1.165) is 58.2 Å². The van der Waals surface area contributed by atoms with Crippen molar-refractivity contribution in [3.63, 3.8) is 0 Å². The first-order valence-electron chi connectivity index (χ1n) is 19.9. The lowest BCUT2D eigenvalue weighted by Crippen LogP contribution is -2.55. The van der Waals surface area contributed by atoms with E-state index in [4.69, 9.17) is 5.73 Å². The molecule has 282 valence electrons. The molecule has 0 bridgehead atoms. The minimum atomic E-state index is -0.985. The molecule has 7 atom stereocenters. The molecule has 5 fully saturated rings. The number of piperazine rings is 1. The quantitative estimate of drug-likeness (QED) is 0.214. The van der Waals surface area contributed by atoms with Gasteiger partial charge in [-0.2, -0.15) is 0 Å². The molecule has 9 nitrogen and oxygen atoms in total. The van der Waals surface area contributed by atoms with Crippen LogP contribution >= 0.6 is 0 Å². The molecule has 5 rings (SSSR count). The number of hydrogen-bond donors (Lipinski definition) is 2. The van der Waals surface area contributed by atoms with Crippen LogP contribution in [0.2, 0.25) is 0 Å². The van der Waals surface area contributed by atoms with Crippen molar-refractivity contribution in [2.45, 2.75) is 151 Å². The summed E-state index contributed by atoms with van der Waals surface area (Å²) in [5, 5.41) is 3.60. The standard InChI is InChI=1S/C41H68N4O5/c1-25(2)30(23-44-21-26(3)43-27(4)22-44)17-31(46)19-32(38(5,6)7)37(50)45-24-41(39(8,9)40(41)14-11-15-40)20-33(45)34(47)18-29(35(48)36(42)49)16-28-12-10-13-28/h25-30,32-33,43H,10-24H2,1-9H3,(H2,42,49)/t26-,27-,29?,30+,32+,33-,41+/m0/s1. The summed E-state index contributed by atoms with van der Waals surface area (Å²) in [5.41, 5.74) is 4.95. The van der Waals surface area contributed by atoms with E-state index < -0.39 is 35.0 Å². The molecule has 0 aromatic rings. The van der Waals surface area contributed by atoms with Gasteiger partial charge in [0.25, 0.3) is 5.91 Å². The third kappa shape index (κ3) is 7.25. The second kappa shape index (κ2) is 14.4. The molecule has 2 aliphatic heterocycles. The van der Waals surface area contributed by atoms with Crippen molar-refractivity contribution in [2.75, 3.05) is 26.2 Å². The normalized spacial score (nSPS) is 30.8. The Morgan fingerprint density at radius 1 is 0.900 bits per heavy atom. The number of nitrogens with one attached hydrogen (secondary N) is 1. The number of fused-ring (bicyclic) bond motifs is 1. The van der Waals surface area contributed by atoms with Crippen molar-refractivity contribution in [1.82, 2.24) is 15.1 Å². The van der Waals surface area contributed by atoms with Crippen molar-refractivity contribution in [3.8, 4) is 0 Å². The first kappa shape index (κ1) is 39.1. The molecule has 3 N–H and O–H groups in total. The summed E-state index contributed by atoms with van der Waals surface area (Å²) in [6.45, 7) is 22.8. The molecule has 9 heteroatoms. The molecule has 0 aromatic carbocycles. The van der Waals surface area contributed by atoms with E-state index in [1.165, 1.54) is 0 Å². The average molecular weight is 697 g/mol. The van der Waals surface area contributed by atoms with Gasteiger partial charge in [-0.1, -0.05) is 74.1 Å². The Hall–Kier alpha value is -2.13. The second-order valence-corrected chi connectivity index (χ2v) is 19.5.